The van der Waals surface area contributed by atoms with Crippen molar-refractivity contribution in [3.8, 4) is 0 Å². The maximum absolute atomic E-state index is 9.53. The van der Waals surface area contributed by atoms with Gasteiger partial charge in [0.05, 0.1) is 145 Å². The number of aliphatic hydroxyl groups excluding tert-OH is 2. The van der Waals surface area contributed by atoms with Crippen LogP contribution in [0.15, 0.2) is 0 Å². The van der Waals surface area contributed by atoms with Crippen molar-refractivity contribution in [2.24, 2.45) is 0 Å². The molecule has 5 aliphatic heterocycles. The summed E-state index contributed by atoms with van der Waals surface area (Å²) in [6.45, 7) is 21.8. The van der Waals surface area contributed by atoms with E-state index in [-0.39, 0.29) is 25.4 Å². The minimum Gasteiger partial charge on any atom is -0.394 e. The van der Waals surface area contributed by atoms with Crippen LogP contribution in [0.3, 0.4) is 0 Å². The van der Waals surface area contributed by atoms with Crippen LogP contribution >= 0.6 is 0 Å². The highest BCUT2D eigenvalue weighted by Gasteiger charge is 2.15. The number of fused-ring (bicyclic) bond motifs is 27. The van der Waals surface area contributed by atoms with Crippen molar-refractivity contribution in [2.45, 2.75) is 12.2 Å². The molecule has 0 aromatic carbocycles. The molecule has 0 radical (unpaired) electrons. The van der Waals surface area contributed by atoms with E-state index in [0.717, 1.165) is 78.5 Å². The lowest BCUT2D eigenvalue weighted by Gasteiger charge is -2.25. The van der Waals surface area contributed by atoms with Crippen LogP contribution in [-0.4, -0.2) is 266 Å². The van der Waals surface area contributed by atoms with E-state index in [1.807, 2.05) is 0 Å². The van der Waals surface area contributed by atoms with Crippen molar-refractivity contribution in [2.75, 3.05) is 224 Å². The first-order valence-electron chi connectivity index (χ1n) is 19.8. The molecule has 53 heavy (non-hydrogen) atoms. The predicted octanol–water partition coefficient (Wildman–Crippen LogP) is -1.86. The highest BCUT2D eigenvalue weighted by atomic mass is 16.6. The third-order valence-corrected chi connectivity index (χ3v) is 9.17. The molecule has 314 valence electrons. The van der Waals surface area contributed by atoms with E-state index in [0.29, 0.717) is 132 Å². The number of nitrogens with zero attached hydrogens (tertiary/aromatic N) is 4. The van der Waals surface area contributed by atoms with Gasteiger partial charge in [0, 0.05) is 78.5 Å². The maximum Gasteiger partial charge on any atom is 0.104 e. The van der Waals surface area contributed by atoms with Crippen molar-refractivity contribution in [3.63, 3.8) is 0 Å². The molecule has 0 saturated carbocycles. The Morgan fingerprint density at radius 3 is 0.736 bits per heavy atom. The zero-order valence-electron chi connectivity index (χ0n) is 32.4. The van der Waals surface area contributed by atoms with Gasteiger partial charge in [-0.2, -0.15) is 0 Å². The second kappa shape index (κ2) is 33.5. The summed E-state index contributed by atoms with van der Waals surface area (Å²) >= 11 is 0. The molecule has 17 nitrogen and oxygen atoms in total. The number of rotatable bonds is 2. The van der Waals surface area contributed by atoms with Crippen LogP contribution in [0.5, 0.6) is 0 Å². The molecule has 2 N–H and O–H groups in total. The third-order valence-electron chi connectivity index (χ3n) is 9.17. The van der Waals surface area contributed by atoms with Gasteiger partial charge in [0.25, 0.3) is 0 Å². The van der Waals surface area contributed by atoms with Crippen molar-refractivity contribution in [1.29, 1.82) is 0 Å². The van der Waals surface area contributed by atoms with Gasteiger partial charge < -0.3 is 62.3 Å². The topological polar surface area (TPSA) is 155 Å². The molecule has 5 rings (SSSR count). The first-order valence-corrected chi connectivity index (χ1v) is 19.8. The normalized spacial score (nSPS) is 32.3. The first-order chi connectivity index (χ1) is 26.3. The smallest absolute Gasteiger partial charge is 0.104 e. The Labute approximate surface area is 317 Å². The van der Waals surface area contributed by atoms with Gasteiger partial charge in [-0.15, -0.1) is 0 Å². The molecule has 0 amide bonds. The lowest BCUT2D eigenvalue weighted by Crippen LogP contribution is -2.37. The number of ether oxygens (including phenoxy) is 11. The van der Waals surface area contributed by atoms with E-state index >= 15 is 0 Å². The number of aliphatic hydroxyl groups is 2. The molecule has 5 saturated heterocycles. The van der Waals surface area contributed by atoms with Gasteiger partial charge in [-0.05, 0) is 0 Å². The Bertz CT molecular complexity index is 794. The Morgan fingerprint density at radius 1 is 0.283 bits per heavy atom. The van der Waals surface area contributed by atoms with Gasteiger partial charge in [0.2, 0.25) is 0 Å². The number of hydrogen-bond donors (Lipinski definition) is 2. The minimum absolute atomic E-state index is 0.0240. The van der Waals surface area contributed by atoms with Crippen LogP contribution in [0.25, 0.3) is 0 Å². The van der Waals surface area contributed by atoms with Gasteiger partial charge in [-0.1, -0.05) is 0 Å². The van der Waals surface area contributed by atoms with Gasteiger partial charge in [0.1, 0.15) is 12.2 Å². The summed E-state index contributed by atoms with van der Waals surface area (Å²) in [4.78, 5) is 9.07. The standard InChI is InChI=1S/C19H38N2O7.C17H34N2O6/c22-17-19-18-27-11-5-20-1-7-23-13-15-25-9-3-21(6-12-28-19)4-10-26-16-14-24-8-2-20;20-15-17-16-24-11-5-18-1-7-21-8-2-19(6-12-25-17)4-10-23-14-13-22-9-3-18/h19,22H,1-18H2;17,20H,1-16H2. The molecule has 0 aliphatic carbocycles. The molecular weight excluding hydrogens is 696 g/mol. The molecule has 0 aromatic rings. The molecule has 4 unspecified atom stereocenters. The molecule has 0 spiro atoms. The quantitative estimate of drug-likeness (QED) is 0.302. The first kappa shape index (κ1) is 46.7. The average molecular weight is 769 g/mol. The van der Waals surface area contributed by atoms with Gasteiger partial charge >= 0.3 is 0 Å². The second-order valence-corrected chi connectivity index (χ2v) is 13.2. The summed E-state index contributed by atoms with van der Waals surface area (Å²) in [6, 6.07) is 0. The maximum atomic E-state index is 9.53. The highest BCUT2D eigenvalue weighted by molar-refractivity contribution is 4.65. The molecule has 5 fully saturated rings. The Kier molecular flexibility index (Phi) is 29.5. The van der Waals surface area contributed by atoms with E-state index in [2.05, 4.69) is 19.6 Å². The fourth-order valence-electron chi connectivity index (χ4n) is 5.78. The summed E-state index contributed by atoms with van der Waals surface area (Å²) in [5.41, 5.74) is 0. The van der Waals surface area contributed by atoms with E-state index in [9.17, 15) is 10.2 Å². The molecule has 5 heterocycles. The van der Waals surface area contributed by atoms with Gasteiger partial charge in [-0.3, -0.25) is 19.6 Å². The molecule has 0 aromatic heterocycles. The van der Waals surface area contributed by atoms with Crippen molar-refractivity contribution in [3.05, 3.63) is 0 Å². The summed E-state index contributed by atoms with van der Waals surface area (Å²) < 4.78 is 62.9. The van der Waals surface area contributed by atoms with Crippen LogP contribution in [0, 0.1) is 0 Å². The van der Waals surface area contributed by atoms with Gasteiger partial charge in [0.15, 0.2) is 0 Å². The second-order valence-electron chi connectivity index (χ2n) is 13.2. The zero-order valence-corrected chi connectivity index (χ0v) is 32.4. The van der Waals surface area contributed by atoms with Crippen LogP contribution in [0.1, 0.15) is 0 Å². The van der Waals surface area contributed by atoms with E-state index in [4.69, 9.17) is 52.1 Å². The van der Waals surface area contributed by atoms with E-state index < -0.39 is 0 Å². The largest absolute Gasteiger partial charge is 0.394 e. The van der Waals surface area contributed by atoms with E-state index in [1.165, 1.54) is 0 Å². The van der Waals surface area contributed by atoms with Crippen LogP contribution in [0.4, 0.5) is 0 Å². The zero-order chi connectivity index (χ0) is 37.3. The SMILES string of the molecule is OCC1COCCN2CCOCCOCCN(CCOCC2)CCO1.OCC1COCCN2CCOCCOCCN(CCOCCOCC2)CCO1. The van der Waals surface area contributed by atoms with E-state index in [1.54, 1.807) is 0 Å². The molecule has 4 bridgehead atoms. The van der Waals surface area contributed by atoms with Crippen molar-refractivity contribution < 1.29 is 62.3 Å². The molecule has 4 atom stereocenters. The fourth-order valence-corrected chi connectivity index (χ4v) is 5.78. The Hall–Kier alpha value is -0.680. The lowest BCUT2D eigenvalue weighted by molar-refractivity contribution is -0.0564. The average Bonchev–Trinajstić information content (AvgIpc) is 3.18. The monoisotopic (exact) mass is 769 g/mol. The van der Waals surface area contributed by atoms with Crippen molar-refractivity contribution in [1.82, 2.24) is 19.6 Å². The number of hydrogen-bond acceptors (Lipinski definition) is 17. The molecule has 17 heteroatoms. The van der Waals surface area contributed by atoms with Crippen molar-refractivity contribution >= 4 is 0 Å². The van der Waals surface area contributed by atoms with Gasteiger partial charge in [-0.25, -0.2) is 0 Å². The lowest BCUT2D eigenvalue weighted by atomic mass is 10.4. The summed E-state index contributed by atoms with van der Waals surface area (Å²) in [5.74, 6) is 0. The summed E-state index contributed by atoms with van der Waals surface area (Å²) in [5, 5.41) is 19.0. The highest BCUT2D eigenvalue weighted by Crippen LogP contribution is 2.01. The Balaban J connectivity index is 0.000000287. The summed E-state index contributed by atoms with van der Waals surface area (Å²) in [6.07, 6.45) is -0.567. The molecular formula is C36H72N4O13. The third kappa shape index (κ3) is 25.2. The van der Waals surface area contributed by atoms with Crippen LogP contribution in [0.2, 0.25) is 0 Å². The van der Waals surface area contributed by atoms with Crippen LogP contribution < -0.4 is 0 Å². The Morgan fingerprint density at radius 2 is 0.491 bits per heavy atom. The summed E-state index contributed by atoms with van der Waals surface area (Å²) in [7, 11) is 0. The fraction of sp³-hybridized carbons (Fsp3) is 1.00. The minimum atomic E-state index is -0.299. The predicted molar refractivity (Wildman–Crippen MR) is 197 cm³/mol. The van der Waals surface area contributed by atoms with Crippen LogP contribution in [-0.2, 0) is 52.1 Å². The molecule has 5 aliphatic rings.